The van der Waals surface area contributed by atoms with Crippen molar-refractivity contribution in [3.63, 3.8) is 0 Å². The molecular weight excluding hydrogens is 1730 g/mol. The third-order valence-electron chi connectivity index (χ3n) is 5.82. The molecule has 1 aromatic carbocycles. The Kier molecular flexibility index (Phi) is 45.0. The average Bonchev–Trinajstić information content (AvgIpc) is 2.66. The first-order valence-electron chi connectivity index (χ1n) is 8.68. The van der Waals surface area contributed by atoms with Gasteiger partial charge in [0, 0.05) is 24.2 Å². The molecule has 1 aromatic heterocycles. The van der Waals surface area contributed by atoms with Crippen LogP contribution in [0.25, 0.3) is 10.9 Å². The molecule has 4 heterocycles. The fourth-order valence-corrected chi connectivity index (χ4v) is 4.44. The monoisotopic (exact) mass is 1760 g/mol. The minimum absolute atomic E-state index is 0. The molecule has 2 bridgehead atoms. The molecule has 14 heteroatoms. The van der Waals surface area contributed by atoms with E-state index >= 15 is 0 Å². The van der Waals surface area contributed by atoms with E-state index in [1.54, 1.807) is 13.3 Å². The molecule has 4 radical (unpaired) electrons. The Hall–Kier alpha value is 5.70. The number of halogens is 8. The second-order valence-corrected chi connectivity index (χ2v) is 6.97. The topological polar surface area (TPSA) is 45.6 Å². The molecule has 3 saturated heterocycles. The number of hydrogen-bond donors (Lipinski definition) is 1. The zero-order chi connectivity index (χ0) is 16.7. The van der Waals surface area contributed by atoms with Gasteiger partial charge in [0.05, 0.1) is 18.7 Å². The number of hydrogen-bond acceptors (Lipinski definition) is 4. The number of rotatable bonds is 4. The smallest absolute Gasteiger partial charge is 1.00 e. The van der Waals surface area contributed by atoms with E-state index in [9.17, 15) is 5.11 Å². The molecule has 5 atom stereocenters. The van der Waals surface area contributed by atoms with Gasteiger partial charge in [-0.2, -0.15) is 0 Å². The maximum absolute atomic E-state index is 11.2. The zero-order valence-corrected chi connectivity index (χ0v) is 42.6. The molecule has 194 valence electrons. The van der Waals surface area contributed by atoms with E-state index in [2.05, 4.69) is 22.5 Å². The maximum Gasteiger partial charge on any atom is 3.00 e. The van der Waals surface area contributed by atoms with Gasteiger partial charge in [0.2, 0.25) is 0 Å². The van der Waals surface area contributed by atoms with Crippen molar-refractivity contribution in [1.29, 1.82) is 0 Å². The summed E-state index contributed by atoms with van der Waals surface area (Å²) in [5.74, 6) is 2.01. The minimum Gasteiger partial charge on any atom is -1.00 e. The van der Waals surface area contributed by atoms with Gasteiger partial charge in [0.15, 0.2) is 0 Å². The van der Waals surface area contributed by atoms with Crippen molar-refractivity contribution < 1.29 is 154 Å². The molecule has 0 saturated carbocycles. The fourth-order valence-electron chi connectivity index (χ4n) is 4.44. The van der Waals surface area contributed by atoms with Crippen LogP contribution in [0.1, 0.15) is 24.5 Å². The number of nitrogens with zero attached hydrogens (tertiary/aromatic N) is 2. The summed E-state index contributed by atoms with van der Waals surface area (Å²) in [6, 6.07) is 7.96. The molecule has 2 aromatic rings. The predicted octanol–water partition coefficient (Wildman–Crippen LogP) is -14.3. The summed E-state index contributed by atoms with van der Waals surface area (Å²) in [5.41, 5.74) is 1.85. The van der Waals surface area contributed by atoms with Crippen molar-refractivity contribution in [2.45, 2.75) is 25.0 Å². The predicted molar refractivity (Wildman–Crippen MR) is 137 cm³/mol. The van der Waals surface area contributed by atoms with Gasteiger partial charge in [-0.1, -0.05) is 6.08 Å². The summed E-state index contributed by atoms with van der Waals surface area (Å²) >= 11 is 0. The van der Waals surface area contributed by atoms with Gasteiger partial charge < -0.3 is 154 Å². The van der Waals surface area contributed by atoms with Crippen LogP contribution in [0.3, 0.4) is 0 Å². The van der Waals surface area contributed by atoms with Gasteiger partial charge in [-0.15, -0.1) is 54.5 Å². The molecule has 5 rings (SSSR count). The normalized spacial score (nSPS) is 21.4. The first-order chi connectivity index (χ1) is 11.7. The van der Waals surface area contributed by atoms with E-state index in [4.69, 9.17) is 4.74 Å². The number of aliphatic hydroxyl groups excluding tert-OH is 1. The Bertz CT molecular complexity index is 797. The van der Waals surface area contributed by atoms with Gasteiger partial charge in [0.25, 0.3) is 0 Å². The number of methoxy groups -OCH3 is 1. The third kappa shape index (κ3) is 13.3. The van der Waals surface area contributed by atoms with Gasteiger partial charge in [-0.25, -0.2) is 0 Å². The number of pyridine rings is 1. The largest absolute Gasteiger partial charge is 3.00 e. The summed E-state index contributed by atoms with van der Waals surface area (Å²) in [4.78, 5) is 6.86. The average molecular weight is 1760 g/mol. The van der Waals surface area contributed by atoms with E-state index in [-0.39, 0.29) is 250 Å². The van der Waals surface area contributed by atoms with Crippen LogP contribution in [-0.2, 0) is 0 Å². The Morgan fingerprint density at radius 3 is 2.21 bits per heavy atom. The van der Waals surface area contributed by atoms with E-state index in [0.717, 1.165) is 41.7 Å². The molecule has 1 N–H and O–H groups in total. The molecule has 34 heavy (non-hydrogen) atoms. The molecule has 4 nitrogen and oxygen atoms in total. The standard InChI is InChI=1S/C20H24N2O2.2Bi.8HI/c1-3-13-12-22-9-7-14(13)10-19(22)20(23)16-6-8-21-18-5-4-15(24-2)11-17(16)18;;;;;;;;;;/h3-6,8,11,13-14,19-20,23H,1,7,9-10,12H2,2H3;;;8*1H/q;2*+3;;;;;;;;/p-6/t13-,14-,19-,20+;;;;;;;;;;/m0........../s1. The van der Waals surface area contributed by atoms with Crippen molar-refractivity contribution >= 4 is 111 Å². The second kappa shape index (κ2) is 27.5. The summed E-state index contributed by atoms with van der Waals surface area (Å²) < 4.78 is 5.35. The van der Waals surface area contributed by atoms with Crippen LogP contribution in [0.4, 0.5) is 0 Å². The second-order valence-electron chi connectivity index (χ2n) is 6.97. The summed E-state index contributed by atoms with van der Waals surface area (Å²) in [7, 11) is 1.66. The molecule has 1 unspecified atom stereocenters. The molecule has 0 amide bonds. The Morgan fingerprint density at radius 2 is 1.71 bits per heavy atom. The van der Waals surface area contributed by atoms with Crippen molar-refractivity contribution in [2.75, 3.05) is 20.2 Å². The Morgan fingerprint density at radius 1 is 1.09 bits per heavy atom. The quantitative estimate of drug-likeness (QED) is 0.188. The molecule has 3 aliphatic rings. The SMILES string of the molecule is C=C[C@H]1CN2CC[C@H]1C[C@H]2[C@H](O)c1ccnc2ccc(OC)cc12.I.I.[Bi+3].[Bi+3].[I-].[I-].[I-].[I-].[I-].[I-]. The molecule has 3 fully saturated rings. The third-order valence-corrected chi connectivity index (χ3v) is 5.82. The van der Waals surface area contributed by atoms with Crippen LogP contribution < -0.4 is 149 Å². The van der Waals surface area contributed by atoms with E-state index in [1.165, 1.54) is 6.42 Å². The number of ether oxygens (including phenoxy) is 1. The molecule has 3 aliphatic heterocycles. The summed E-state index contributed by atoms with van der Waals surface area (Å²) in [5, 5.41) is 12.1. The van der Waals surface area contributed by atoms with Crippen molar-refractivity contribution in [2.24, 2.45) is 11.8 Å². The van der Waals surface area contributed by atoms with Crippen LogP contribution in [-0.4, -0.2) is 93.6 Å². The van der Waals surface area contributed by atoms with Crippen molar-refractivity contribution in [3.05, 3.63) is 48.7 Å². The van der Waals surface area contributed by atoms with Crippen LogP contribution >= 0.6 is 48.0 Å². The minimum atomic E-state index is -0.504. The Labute approximate surface area is 378 Å². The number of benzene rings is 1. The molecular formula is C20H26Bi2I8N2O2. The van der Waals surface area contributed by atoms with Crippen LogP contribution in [0.15, 0.2) is 43.1 Å². The van der Waals surface area contributed by atoms with Crippen LogP contribution in [0.2, 0.25) is 0 Å². The number of aromatic nitrogens is 1. The first kappa shape index (κ1) is 55.6. The van der Waals surface area contributed by atoms with Gasteiger partial charge in [-0.3, -0.25) is 9.88 Å². The zero-order valence-electron chi connectivity index (χ0n) is 18.0. The van der Waals surface area contributed by atoms with E-state index in [0.29, 0.717) is 11.8 Å². The first-order valence-corrected chi connectivity index (χ1v) is 8.68. The van der Waals surface area contributed by atoms with Crippen molar-refractivity contribution in [3.8, 4) is 5.75 Å². The number of fused-ring (bicyclic) bond motifs is 4. The van der Waals surface area contributed by atoms with Gasteiger partial charge in [0.1, 0.15) is 5.75 Å². The van der Waals surface area contributed by atoms with E-state index in [1.807, 2.05) is 24.3 Å². The fraction of sp³-hybridized carbons (Fsp3) is 0.450. The molecule has 0 aliphatic carbocycles. The summed E-state index contributed by atoms with van der Waals surface area (Å²) in [6.07, 6.45) is 5.62. The molecule has 0 spiro atoms. The van der Waals surface area contributed by atoms with Crippen molar-refractivity contribution in [1.82, 2.24) is 9.88 Å². The van der Waals surface area contributed by atoms with Gasteiger partial charge >= 0.3 is 52.4 Å². The number of aliphatic hydroxyl groups is 1. The maximum atomic E-state index is 11.2. The van der Waals surface area contributed by atoms with Gasteiger partial charge in [-0.05, 0) is 61.1 Å². The summed E-state index contributed by atoms with van der Waals surface area (Å²) in [6.45, 7) is 6.07. The van der Waals surface area contributed by atoms with Crippen LogP contribution in [0, 0.1) is 11.8 Å². The Balaban J connectivity index is -0.000000146. The number of piperidine rings is 3. The van der Waals surface area contributed by atoms with E-state index < -0.39 is 6.10 Å². The van der Waals surface area contributed by atoms with Crippen LogP contribution in [0.5, 0.6) is 5.75 Å².